The summed E-state index contributed by atoms with van der Waals surface area (Å²) in [4.78, 5) is 31.2. The molecule has 0 saturated heterocycles. The summed E-state index contributed by atoms with van der Waals surface area (Å²) >= 11 is 2.09. The van der Waals surface area contributed by atoms with Gasteiger partial charge in [0.15, 0.2) is 23.9 Å². The van der Waals surface area contributed by atoms with Crippen LogP contribution in [-0.4, -0.2) is 42.1 Å². The topological polar surface area (TPSA) is 104 Å². The van der Waals surface area contributed by atoms with Gasteiger partial charge in [0.2, 0.25) is 0 Å². The van der Waals surface area contributed by atoms with E-state index in [1.54, 1.807) is 30.5 Å². The van der Waals surface area contributed by atoms with Gasteiger partial charge in [-0.2, -0.15) is 9.78 Å². The third-order valence-electron chi connectivity index (χ3n) is 7.32. The number of rotatable bonds is 11. The molecule has 1 N–H and O–H groups in total. The van der Waals surface area contributed by atoms with E-state index in [2.05, 4.69) is 46.9 Å². The molecule has 11 heteroatoms. The highest BCUT2D eigenvalue weighted by molar-refractivity contribution is 14.1. The second-order valence-electron chi connectivity index (χ2n) is 11.0. The van der Waals surface area contributed by atoms with Gasteiger partial charge in [0.05, 0.1) is 34.4 Å². The molecule has 0 spiro atoms. The summed E-state index contributed by atoms with van der Waals surface area (Å²) in [7, 11) is 1.49. The van der Waals surface area contributed by atoms with Crippen molar-refractivity contribution in [3.05, 3.63) is 109 Å². The third kappa shape index (κ3) is 7.62. The number of nitrogens with one attached hydrogen (secondary N) is 1. The van der Waals surface area contributed by atoms with Gasteiger partial charge in [-0.15, -0.1) is 0 Å². The maximum atomic E-state index is 13.9. The fourth-order valence-electron chi connectivity index (χ4n) is 5.02. The summed E-state index contributed by atoms with van der Waals surface area (Å²) in [5.41, 5.74) is 4.01. The molecule has 0 unspecified atom stereocenters. The summed E-state index contributed by atoms with van der Waals surface area (Å²) < 4.78 is 32.5. The van der Waals surface area contributed by atoms with Gasteiger partial charge in [0.1, 0.15) is 11.6 Å². The molecule has 0 bridgehead atoms. The molecule has 242 valence electrons. The lowest BCUT2D eigenvalue weighted by Gasteiger charge is -2.18. The van der Waals surface area contributed by atoms with Crippen LogP contribution in [0.4, 0.5) is 10.1 Å². The number of methoxy groups -OCH3 is 1. The van der Waals surface area contributed by atoms with Crippen LogP contribution in [0.25, 0.3) is 22.3 Å². The molecular weight excluding hydrogens is 714 g/mol. The number of para-hydroxylation sites is 1. The highest BCUT2D eigenvalue weighted by Gasteiger charge is 2.19. The smallest absolute Gasteiger partial charge is 0.282 e. The number of hydrogen-bond donors (Lipinski definition) is 1. The van der Waals surface area contributed by atoms with E-state index in [9.17, 15) is 14.0 Å². The summed E-state index contributed by atoms with van der Waals surface area (Å²) in [6, 6.07) is 20.2. The number of carbonyl (C=O) groups is 1. The molecule has 9 nitrogen and oxygen atoms in total. The normalized spacial score (nSPS) is 11.3. The Morgan fingerprint density at radius 1 is 1.06 bits per heavy atom. The Labute approximate surface area is 285 Å². The number of nitrogens with zero attached hydrogens (tertiary/aromatic N) is 3. The first kappa shape index (κ1) is 33.6. The van der Waals surface area contributed by atoms with Crippen LogP contribution >= 0.6 is 22.6 Å². The van der Waals surface area contributed by atoms with Crippen LogP contribution in [0.3, 0.4) is 0 Å². The van der Waals surface area contributed by atoms with E-state index < -0.39 is 11.7 Å². The largest absolute Gasteiger partial charge is 0.494 e. The molecule has 0 saturated carbocycles. The van der Waals surface area contributed by atoms with Crippen LogP contribution in [0.15, 0.2) is 82.7 Å². The molecule has 5 aromatic rings. The van der Waals surface area contributed by atoms with Crippen molar-refractivity contribution in [2.24, 2.45) is 5.10 Å². The highest BCUT2D eigenvalue weighted by Crippen LogP contribution is 2.35. The Balaban J connectivity index is 1.50. The monoisotopic (exact) mass is 748 g/mol. The van der Waals surface area contributed by atoms with E-state index in [1.165, 1.54) is 36.1 Å². The number of anilines is 1. The molecule has 1 amide bonds. The molecule has 0 aliphatic heterocycles. The molecule has 47 heavy (non-hydrogen) atoms. The Bertz CT molecular complexity index is 2030. The summed E-state index contributed by atoms with van der Waals surface area (Å²) in [5.74, 6) is 1.31. The molecule has 1 heterocycles. The number of fused-ring (bicyclic) bond motifs is 1. The number of carbonyl (C=O) groups excluding carboxylic acids is 1. The van der Waals surface area contributed by atoms with E-state index in [0.29, 0.717) is 49.7 Å². The molecule has 5 rings (SSSR count). The van der Waals surface area contributed by atoms with E-state index >= 15 is 0 Å². The van der Waals surface area contributed by atoms with Gasteiger partial charge in [-0.3, -0.25) is 9.59 Å². The predicted molar refractivity (Wildman–Crippen MR) is 191 cm³/mol. The van der Waals surface area contributed by atoms with Crippen molar-refractivity contribution in [1.82, 2.24) is 9.66 Å². The minimum Gasteiger partial charge on any atom is -0.494 e. The number of halogens is 2. The van der Waals surface area contributed by atoms with Crippen LogP contribution in [0, 0.1) is 16.3 Å². The van der Waals surface area contributed by atoms with Gasteiger partial charge in [0.25, 0.3) is 11.5 Å². The summed E-state index contributed by atoms with van der Waals surface area (Å²) in [6.07, 6.45) is 1.56. The lowest BCUT2D eigenvalue weighted by Crippen LogP contribution is -2.21. The Hall–Kier alpha value is -4.78. The fraction of sp³-hybridized carbons (Fsp3) is 0.222. The Morgan fingerprint density at radius 3 is 2.51 bits per heavy atom. The van der Waals surface area contributed by atoms with E-state index in [1.807, 2.05) is 38.1 Å². The predicted octanol–water partition coefficient (Wildman–Crippen LogP) is 7.55. The lowest BCUT2D eigenvalue weighted by atomic mass is 9.96. The van der Waals surface area contributed by atoms with Crippen LogP contribution < -0.4 is 25.1 Å². The van der Waals surface area contributed by atoms with Crippen LogP contribution in [0.2, 0.25) is 0 Å². The summed E-state index contributed by atoms with van der Waals surface area (Å²) in [5, 5.41) is 7.75. The van der Waals surface area contributed by atoms with Crippen molar-refractivity contribution in [2.45, 2.75) is 33.6 Å². The number of ether oxygens (including phenoxy) is 3. The average molecular weight is 749 g/mol. The van der Waals surface area contributed by atoms with Crippen molar-refractivity contribution in [1.29, 1.82) is 0 Å². The molecule has 0 radical (unpaired) electrons. The first-order valence-corrected chi connectivity index (χ1v) is 16.1. The lowest BCUT2D eigenvalue weighted by molar-refractivity contribution is -0.118. The zero-order valence-electron chi connectivity index (χ0n) is 26.6. The minimum absolute atomic E-state index is 0.171. The average Bonchev–Trinajstić information content (AvgIpc) is 3.04. The van der Waals surface area contributed by atoms with Crippen molar-refractivity contribution < 1.29 is 23.4 Å². The number of amides is 1. The first-order valence-electron chi connectivity index (χ1n) is 15.0. The van der Waals surface area contributed by atoms with Crippen LogP contribution in [0.1, 0.15) is 43.4 Å². The van der Waals surface area contributed by atoms with Crippen LogP contribution in [-0.2, 0) is 4.79 Å². The van der Waals surface area contributed by atoms with Crippen molar-refractivity contribution in [3.8, 4) is 28.6 Å². The third-order valence-corrected chi connectivity index (χ3v) is 8.12. The molecule has 4 aromatic carbocycles. The second kappa shape index (κ2) is 14.8. The van der Waals surface area contributed by atoms with E-state index in [4.69, 9.17) is 19.2 Å². The minimum atomic E-state index is -0.416. The van der Waals surface area contributed by atoms with Crippen molar-refractivity contribution in [2.75, 3.05) is 25.6 Å². The summed E-state index contributed by atoms with van der Waals surface area (Å²) in [6.45, 7) is 8.35. The van der Waals surface area contributed by atoms with Gasteiger partial charge < -0.3 is 19.5 Å². The maximum Gasteiger partial charge on any atom is 0.282 e. The number of aryl methyl sites for hydroxylation is 1. The Morgan fingerprint density at radius 2 is 1.81 bits per heavy atom. The number of benzene rings is 4. The molecule has 1 aromatic heterocycles. The zero-order chi connectivity index (χ0) is 33.7. The van der Waals surface area contributed by atoms with Gasteiger partial charge in [-0.05, 0) is 120 Å². The zero-order valence-corrected chi connectivity index (χ0v) is 28.8. The number of hydrogen-bond acceptors (Lipinski definition) is 7. The highest BCUT2D eigenvalue weighted by atomic mass is 127. The maximum absolute atomic E-state index is 13.9. The first-order chi connectivity index (χ1) is 22.6. The fourth-order valence-corrected chi connectivity index (χ4v) is 5.80. The molecule has 0 fully saturated rings. The van der Waals surface area contributed by atoms with Gasteiger partial charge in [-0.1, -0.05) is 26.0 Å². The van der Waals surface area contributed by atoms with Gasteiger partial charge in [0, 0.05) is 11.3 Å². The quantitative estimate of drug-likeness (QED) is 0.111. The number of aromatic nitrogens is 2. The van der Waals surface area contributed by atoms with Crippen molar-refractivity contribution in [3.63, 3.8) is 0 Å². The molecule has 0 aliphatic rings. The molecular formula is C36H34FIN4O5. The van der Waals surface area contributed by atoms with Gasteiger partial charge >= 0.3 is 0 Å². The molecule has 0 aliphatic carbocycles. The van der Waals surface area contributed by atoms with Crippen LogP contribution in [0.5, 0.6) is 17.2 Å². The second-order valence-corrected chi connectivity index (χ2v) is 12.1. The van der Waals surface area contributed by atoms with Gasteiger partial charge in [-0.25, -0.2) is 9.37 Å². The van der Waals surface area contributed by atoms with Crippen molar-refractivity contribution >= 4 is 51.3 Å². The van der Waals surface area contributed by atoms with E-state index in [0.717, 1.165) is 22.4 Å². The standard InChI is InChI=1S/C36H34FIN4O5/c1-6-46-31-15-22(4)28(18-27(31)21(2)3)35-41-30-10-8-7-9-26(30)36(44)42(35)39-19-23-16-29(38)34(32(17-23)45-5)47-20-33(43)40-25-13-11-24(37)12-14-25/h7-19,21H,6,20H2,1-5H3,(H,40,43). The Kier molecular flexibility index (Phi) is 10.5. The van der Waals surface area contributed by atoms with E-state index in [-0.39, 0.29) is 18.1 Å². The SMILES string of the molecule is CCOc1cc(C)c(-c2nc3ccccc3c(=O)n2N=Cc2cc(I)c(OCC(=O)Nc3ccc(F)cc3)c(OC)c2)cc1C(C)C. The molecule has 0 atom stereocenters.